The second-order valence-electron chi connectivity index (χ2n) is 10.9. The van der Waals surface area contributed by atoms with E-state index in [2.05, 4.69) is 34.4 Å². The molecule has 1 aliphatic carbocycles. The van der Waals surface area contributed by atoms with E-state index in [0.717, 1.165) is 30.1 Å². The predicted octanol–water partition coefficient (Wildman–Crippen LogP) is 2.35. The Labute approximate surface area is 312 Å². The van der Waals surface area contributed by atoms with E-state index in [1.54, 1.807) is 0 Å². The highest BCUT2D eigenvalue weighted by atomic mass is 35.5. The number of nitrogens with zero attached hydrogens (tertiary/aromatic N) is 6. The number of rotatable bonds is 10. The van der Waals surface area contributed by atoms with Gasteiger partial charge >= 0.3 is 26.6 Å². The average Bonchev–Trinajstić information content (AvgIpc) is 3.03. The highest BCUT2D eigenvalue weighted by Gasteiger charge is 2.34. The molecule has 3 aliphatic rings. The first-order valence-electron chi connectivity index (χ1n) is 14.0. The van der Waals surface area contributed by atoms with Gasteiger partial charge in [-0.2, -0.15) is 44.6 Å². The van der Waals surface area contributed by atoms with Crippen LogP contribution in [0.15, 0.2) is 43.5 Å². The average molecular weight is 874 g/mol. The van der Waals surface area contributed by atoms with Crippen molar-refractivity contribution in [1.82, 2.24) is 19.9 Å². The maximum atomic E-state index is 14.5. The van der Waals surface area contributed by atoms with Gasteiger partial charge in [-0.05, 0) is 24.3 Å². The van der Waals surface area contributed by atoms with Gasteiger partial charge in [-0.3, -0.25) is 13.7 Å². The van der Waals surface area contributed by atoms with Crippen molar-refractivity contribution < 1.29 is 65.1 Å². The molecule has 0 saturated heterocycles. The molecular weight excluding hydrogens is 854 g/mol. The Morgan fingerprint density at radius 3 is 2.26 bits per heavy atom. The van der Waals surface area contributed by atoms with Crippen LogP contribution in [-0.2, 0) is 44.7 Å². The van der Waals surface area contributed by atoms with Crippen molar-refractivity contribution in [2.45, 2.75) is 9.79 Å². The molecule has 6 rings (SSSR count). The molecule has 2 aromatic carbocycles. The van der Waals surface area contributed by atoms with Gasteiger partial charge in [0.1, 0.15) is 32.8 Å². The van der Waals surface area contributed by atoms with E-state index in [4.69, 9.17) is 42.6 Å². The third-order valence-corrected chi connectivity index (χ3v) is 11.7. The summed E-state index contributed by atoms with van der Waals surface area (Å²) in [6, 6.07) is 4.56. The molecule has 1 aromatic heterocycles. The molecule has 22 nitrogen and oxygen atoms in total. The van der Waals surface area contributed by atoms with Gasteiger partial charge in [0.2, 0.25) is 5.95 Å². The van der Waals surface area contributed by atoms with Crippen molar-refractivity contribution in [3.8, 4) is 23.0 Å². The zero-order valence-corrected chi connectivity index (χ0v) is 31.1. The normalized spacial score (nSPS) is 13.7. The summed E-state index contributed by atoms with van der Waals surface area (Å²) in [5.74, 6) is -4.68. The molecule has 29 heteroatoms. The molecule has 0 fully saturated rings. The predicted molar refractivity (Wildman–Crippen MR) is 184 cm³/mol. The first-order valence-corrected chi connectivity index (χ1v) is 20.9. The van der Waals surface area contributed by atoms with Gasteiger partial charge < -0.3 is 25.1 Å². The highest BCUT2D eigenvalue weighted by molar-refractivity contribution is 7.91. The van der Waals surface area contributed by atoms with E-state index in [1.165, 1.54) is 6.07 Å². The van der Waals surface area contributed by atoms with Crippen molar-refractivity contribution in [3.05, 3.63) is 45.7 Å². The van der Waals surface area contributed by atoms with Crippen molar-refractivity contribution in [2.24, 2.45) is 4.99 Å². The van der Waals surface area contributed by atoms with Gasteiger partial charge in [-0.15, -0.1) is 0 Å². The van der Waals surface area contributed by atoms with Crippen LogP contribution in [-0.4, -0.2) is 92.5 Å². The SMILES string of the molecule is CN(CS(=O)(=O)CCOS(=O)(=O)O)c1nc(F)nc(N=c2ccc3nc4c(Cl)c5c(c(Cl)c4oc-3c2S(=O)(=O)O)Nc2ccc(N)c(S(=O)(=O)O)c2O5)n1. The Morgan fingerprint density at radius 2 is 1.61 bits per heavy atom. The first-order chi connectivity index (χ1) is 24.9. The number of aromatic nitrogens is 4. The smallest absolute Gasteiger partial charge is 0.397 e. The quantitative estimate of drug-likeness (QED) is 0.0749. The maximum absolute atomic E-state index is 14.5. The standard InChI is InChI=1S/C25H19Cl2FN8O14S4/c1-36(8-51(37,38)7-6-48-54(45,46)47)25-34-23(28)33-24(35-25)32-12-5-4-11-18(22(12)53(42,43)44)50-20-14(27)15-19(13(26)16(20)31-11)49-17-10(30-15)3-2-9(29)21(17)52(39,40)41/h2-5,30H,6-8,29H2,1H3,(H,39,40,41)(H,42,43,44)(H,45,46,47). The zero-order valence-electron chi connectivity index (χ0n) is 26.3. The number of ether oxygens (including phenoxy) is 1. The van der Waals surface area contributed by atoms with Crippen LogP contribution < -0.4 is 26.0 Å². The molecule has 54 heavy (non-hydrogen) atoms. The number of sulfone groups is 1. The fourth-order valence-corrected chi connectivity index (χ4v) is 8.55. The summed E-state index contributed by atoms with van der Waals surface area (Å²) in [6.45, 7) is -0.942. The molecule has 6 N–H and O–H groups in total. The summed E-state index contributed by atoms with van der Waals surface area (Å²) in [5.41, 5.74) is 4.30. The summed E-state index contributed by atoms with van der Waals surface area (Å²) in [4.78, 5) is 17.7. The number of nitrogen functional groups attached to an aromatic ring is 1. The van der Waals surface area contributed by atoms with Crippen LogP contribution in [0.5, 0.6) is 11.5 Å². The molecular formula is C25H19Cl2FN8O14S4. The molecule has 0 saturated carbocycles. The summed E-state index contributed by atoms with van der Waals surface area (Å²) in [7, 11) is -18.2. The second kappa shape index (κ2) is 13.6. The minimum atomic E-state index is -5.30. The first kappa shape index (κ1) is 39.1. The number of nitrogens with two attached hydrogens (primary N) is 1. The molecule has 2 aliphatic heterocycles. The summed E-state index contributed by atoms with van der Waals surface area (Å²) >= 11 is 13.2. The van der Waals surface area contributed by atoms with Gasteiger partial charge in [0.05, 0.1) is 29.1 Å². The largest absolute Gasteiger partial charge is 0.450 e. The van der Waals surface area contributed by atoms with E-state index < -0.39 is 109 Å². The number of benzene rings is 3. The Balaban J connectivity index is 1.46. The van der Waals surface area contributed by atoms with Crippen molar-refractivity contribution in [1.29, 1.82) is 0 Å². The molecule has 0 atom stereocenters. The molecule has 3 heterocycles. The molecule has 288 valence electrons. The molecule has 0 spiro atoms. The Bertz CT molecular complexity index is 2920. The van der Waals surface area contributed by atoms with Crippen molar-refractivity contribution >= 4 is 104 Å². The van der Waals surface area contributed by atoms with E-state index in [9.17, 15) is 47.2 Å². The van der Waals surface area contributed by atoms with Gasteiger partial charge in [0.25, 0.3) is 16.1 Å². The molecule has 0 bridgehead atoms. The third kappa shape index (κ3) is 7.80. The molecule has 3 aromatic rings. The summed E-state index contributed by atoms with van der Waals surface area (Å²) in [6.07, 6.45) is -1.50. The topological polar surface area (TPSA) is 334 Å². The lowest BCUT2D eigenvalue weighted by atomic mass is 10.1. The molecule has 0 radical (unpaired) electrons. The van der Waals surface area contributed by atoms with Gasteiger partial charge in [-0.1, -0.05) is 23.2 Å². The number of anilines is 4. The number of hydrogen-bond donors (Lipinski definition) is 5. The Kier molecular flexibility index (Phi) is 9.87. The fraction of sp³-hybridized carbons (Fsp3) is 0.160. The lowest BCUT2D eigenvalue weighted by Crippen LogP contribution is -2.30. The fourth-order valence-electron chi connectivity index (χ4n) is 4.94. The number of hydrogen-bond acceptors (Lipinski definition) is 19. The van der Waals surface area contributed by atoms with Gasteiger partial charge in [0, 0.05) is 7.05 Å². The van der Waals surface area contributed by atoms with Crippen LogP contribution in [0.1, 0.15) is 0 Å². The van der Waals surface area contributed by atoms with E-state index in [1.807, 2.05) is 0 Å². The van der Waals surface area contributed by atoms with Gasteiger partial charge in [-0.25, -0.2) is 22.6 Å². The minimum absolute atomic E-state index is 0.0477. The van der Waals surface area contributed by atoms with Crippen LogP contribution in [0.4, 0.5) is 33.3 Å². The van der Waals surface area contributed by atoms with Crippen LogP contribution in [0.2, 0.25) is 10.0 Å². The zero-order chi connectivity index (χ0) is 39.7. The van der Waals surface area contributed by atoms with Gasteiger partial charge in [0.15, 0.2) is 42.5 Å². The Morgan fingerprint density at radius 1 is 0.926 bits per heavy atom. The van der Waals surface area contributed by atoms with E-state index >= 15 is 0 Å². The van der Waals surface area contributed by atoms with Crippen LogP contribution in [0, 0.1) is 6.08 Å². The molecule has 0 amide bonds. The van der Waals surface area contributed by atoms with E-state index in [0.29, 0.717) is 0 Å². The lowest BCUT2D eigenvalue weighted by molar-refractivity contribution is 0.284. The third-order valence-electron chi connectivity index (χ3n) is 7.06. The van der Waals surface area contributed by atoms with Crippen molar-refractivity contribution in [3.63, 3.8) is 0 Å². The van der Waals surface area contributed by atoms with Crippen LogP contribution >= 0.6 is 23.2 Å². The van der Waals surface area contributed by atoms with Crippen molar-refractivity contribution in [2.75, 3.05) is 41.2 Å². The molecule has 0 unspecified atom stereocenters. The summed E-state index contributed by atoms with van der Waals surface area (Å²) < 4.78 is 155. The van der Waals surface area contributed by atoms with Crippen LogP contribution in [0.25, 0.3) is 22.6 Å². The number of fused-ring (bicyclic) bond motifs is 4. The second-order valence-corrected chi connectivity index (χ2v) is 17.6. The lowest BCUT2D eigenvalue weighted by Gasteiger charge is -2.26. The number of halogens is 3. The van der Waals surface area contributed by atoms with Crippen LogP contribution in [0.3, 0.4) is 0 Å². The minimum Gasteiger partial charge on any atom is -0.450 e. The monoisotopic (exact) mass is 872 g/mol. The summed E-state index contributed by atoms with van der Waals surface area (Å²) in [5, 5.41) is 1.45. The maximum Gasteiger partial charge on any atom is 0.397 e. The number of nitrogens with one attached hydrogen (secondary N) is 1. The Hall–Kier alpha value is -4.58. The van der Waals surface area contributed by atoms with E-state index in [-0.39, 0.29) is 44.1 Å². The highest BCUT2D eigenvalue weighted by Crippen LogP contribution is 2.55.